The number of carbonyl (C=O) groups is 1. The van der Waals surface area contributed by atoms with E-state index in [4.69, 9.17) is 18.0 Å². The second-order valence-electron chi connectivity index (χ2n) is 4.19. The van der Waals surface area contributed by atoms with Crippen LogP contribution in [-0.2, 0) is 0 Å². The fourth-order valence-electron chi connectivity index (χ4n) is 1.83. The van der Waals surface area contributed by atoms with E-state index in [2.05, 4.69) is 18.7 Å². The lowest BCUT2D eigenvalue weighted by Gasteiger charge is -2.25. The van der Waals surface area contributed by atoms with Gasteiger partial charge in [0.05, 0.1) is 0 Å². The summed E-state index contributed by atoms with van der Waals surface area (Å²) in [6, 6.07) is 9.07. The molecule has 0 spiro atoms. The van der Waals surface area contributed by atoms with Crippen molar-refractivity contribution in [2.75, 3.05) is 26.2 Å². The Hall–Kier alpha value is -1.46. The average Bonchev–Trinajstić information content (AvgIpc) is 2.43. The van der Waals surface area contributed by atoms with Gasteiger partial charge < -0.3 is 10.6 Å². The van der Waals surface area contributed by atoms with Crippen molar-refractivity contribution in [2.24, 2.45) is 5.73 Å². The lowest BCUT2D eigenvalue weighted by atomic mass is 10.2. The number of hydrogen-bond acceptors (Lipinski definition) is 3. The highest BCUT2D eigenvalue weighted by Gasteiger charge is 2.18. The van der Waals surface area contributed by atoms with Crippen molar-refractivity contribution in [3.8, 4) is 0 Å². The van der Waals surface area contributed by atoms with Crippen LogP contribution in [0.1, 0.15) is 24.2 Å². The highest BCUT2D eigenvalue weighted by molar-refractivity contribution is 7.80. The molecule has 1 aromatic carbocycles. The van der Waals surface area contributed by atoms with Crippen LogP contribution in [0.25, 0.3) is 0 Å². The van der Waals surface area contributed by atoms with E-state index in [1.807, 2.05) is 18.2 Å². The highest BCUT2D eigenvalue weighted by atomic mass is 32.1. The molecule has 0 atom stereocenters. The van der Waals surface area contributed by atoms with Crippen LogP contribution in [0.2, 0.25) is 0 Å². The van der Waals surface area contributed by atoms with Gasteiger partial charge in [0.2, 0.25) is 0 Å². The van der Waals surface area contributed by atoms with Crippen LogP contribution in [-0.4, -0.2) is 47.0 Å². The summed E-state index contributed by atoms with van der Waals surface area (Å²) in [6.07, 6.45) is 0. The van der Waals surface area contributed by atoms with Crippen LogP contribution in [0.15, 0.2) is 30.3 Å². The van der Waals surface area contributed by atoms with Gasteiger partial charge in [-0.3, -0.25) is 9.69 Å². The van der Waals surface area contributed by atoms with Crippen molar-refractivity contribution >= 4 is 23.2 Å². The van der Waals surface area contributed by atoms with Crippen molar-refractivity contribution in [1.82, 2.24) is 9.80 Å². The van der Waals surface area contributed by atoms with Gasteiger partial charge in [-0.2, -0.15) is 0 Å². The normalized spacial score (nSPS) is 10.5. The third-order valence-electron chi connectivity index (χ3n) is 3.07. The van der Waals surface area contributed by atoms with Crippen LogP contribution in [0, 0.1) is 0 Å². The first-order chi connectivity index (χ1) is 9.10. The zero-order chi connectivity index (χ0) is 14.3. The molecule has 104 valence electrons. The van der Waals surface area contributed by atoms with E-state index >= 15 is 0 Å². The van der Waals surface area contributed by atoms with Gasteiger partial charge in [0.15, 0.2) is 5.11 Å². The molecule has 1 rings (SSSR count). The summed E-state index contributed by atoms with van der Waals surface area (Å²) in [6.45, 7) is 7.36. The summed E-state index contributed by atoms with van der Waals surface area (Å²) in [4.78, 5) is 16.0. The Bertz CT molecular complexity index is 418. The minimum absolute atomic E-state index is 0.126. The second kappa shape index (κ2) is 7.86. The fourth-order valence-corrected chi connectivity index (χ4v) is 2.00. The van der Waals surface area contributed by atoms with Gasteiger partial charge in [-0.05, 0) is 37.4 Å². The first-order valence-electron chi connectivity index (χ1n) is 6.48. The number of nitrogens with zero attached hydrogens (tertiary/aromatic N) is 2. The van der Waals surface area contributed by atoms with E-state index in [9.17, 15) is 4.79 Å². The van der Waals surface area contributed by atoms with Crippen LogP contribution >= 0.6 is 12.2 Å². The van der Waals surface area contributed by atoms with Gasteiger partial charge >= 0.3 is 0 Å². The van der Waals surface area contributed by atoms with Crippen LogP contribution in [0.3, 0.4) is 0 Å². The van der Waals surface area contributed by atoms with Crippen molar-refractivity contribution in [2.45, 2.75) is 13.8 Å². The molecular formula is C14H21N3OS. The van der Waals surface area contributed by atoms with E-state index in [0.717, 1.165) is 19.6 Å². The van der Waals surface area contributed by atoms with E-state index < -0.39 is 0 Å². The largest absolute Gasteiger partial charge is 0.376 e. The van der Waals surface area contributed by atoms with Gasteiger partial charge in [0.25, 0.3) is 5.91 Å². The average molecular weight is 279 g/mol. The zero-order valence-corrected chi connectivity index (χ0v) is 12.3. The Balaban J connectivity index is 2.73. The van der Waals surface area contributed by atoms with Gasteiger partial charge in [-0.25, -0.2) is 0 Å². The molecular weight excluding hydrogens is 258 g/mol. The molecule has 0 heterocycles. The molecule has 1 aromatic rings. The predicted octanol–water partition coefficient (Wildman–Crippen LogP) is 1.71. The summed E-state index contributed by atoms with van der Waals surface area (Å²) < 4.78 is 0. The molecule has 0 fully saturated rings. The third-order valence-corrected chi connectivity index (χ3v) is 3.29. The zero-order valence-electron chi connectivity index (χ0n) is 11.5. The summed E-state index contributed by atoms with van der Waals surface area (Å²) in [5, 5.41) is 0.126. The molecule has 0 saturated heterocycles. The van der Waals surface area contributed by atoms with E-state index in [0.29, 0.717) is 12.1 Å². The Labute approximate surface area is 120 Å². The molecule has 1 amide bonds. The maximum Gasteiger partial charge on any atom is 0.260 e. The number of likely N-dealkylation sites (N-methyl/N-ethyl adjacent to an activating group) is 1. The fraction of sp³-hybridized carbons (Fsp3) is 0.429. The van der Waals surface area contributed by atoms with E-state index in [1.165, 1.54) is 4.90 Å². The molecule has 0 radical (unpaired) electrons. The Kier molecular flexibility index (Phi) is 6.45. The standard InChI is InChI=1S/C14H21N3OS/c1-3-16(4-2)10-11-17(14(15)19)13(18)12-8-6-5-7-9-12/h5-9H,3-4,10-11H2,1-2H3,(H2,15,19). The van der Waals surface area contributed by atoms with Crippen LogP contribution in [0.5, 0.6) is 0 Å². The monoisotopic (exact) mass is 279 g/mol. The summed E-state index contributed by atoms with van der Waals surface area (Å²) in [5.74, 6) is -0.139. The molecule has 0 aliphatic carbocycles. The van der Waals surface area contributed by atoms with Gasteiger partial charge in [-0.15, -0.1) is 0 Å². The Morgan fingerprint density at radius 1 is 1.16 bits per heavy atom. The van der Waals surface area contributed by atoms with Crippen molar-refractivity contribution in [3.63, 3.8) is 0 Å². The van der Waals surface area contributed by atoms with Crippen molar-refractivity contribution in [1.29, 1.82) is 0 Å². The number of nitrogens with two attached hydrogens (primary N) is 1. The topological polar surface area (TPSA) is 49.6 Å². The maximum atomic E-state index is 12.3. The smallest absolute Gasteiger partial charge is 0.260 e. The van der Waals surface area contributed by atoms with E-state index in [1.54, 1.807) is 12.1 Å². The minimum Gasteiger partial charge on any atom is -0.376 e. The molecule has 2 N–H and O–H groups in total. The molecule has 0 unspecified atom stereocenters. The first kappa shape index (κ1) is 15.6. The summed E-state index contributed by atoms with van der Waals surface area (Å²) >= 11 is 4.98. The number of benzene rings is 1. The quantitative estimate of drug-likeness (QED) is 0.806. The lowest BCUT2D eigenvalue weighted by molar-refractivity contribution is 0.0837. The second-order valence-corrected chi connectivity index (χ2v) is 4.61. The third kappa shape index (κ3) is 4.61. The molecule has 5 heteroatoms. The number of rotatable bonds is 6. The molecule has 0 bridgehead atoms. The van der Waals surface area contributed by atoms with Gasteiger partial charge in [0, 0.05) is 18.7 Å². The number of hydrogen-bond donors (Lipinski definition) is 1. The SMILES string of the molecule is CCN(CC)CCN(C(=O)c1ccccc1)C(N)=S. The molecule has 0 aliphatic rings. The highest BCUT2D eigenvalue weighted by Crippen LogP contribution is 2.05. The number of thiocarbonyl (C=S) groups is 1. The van der Waals surface area contributed by atoms with Crippen molar-refractivity contribution in [3.05, 3.63) is 35.9 Å². The van der Waals surface area contributed by atoms with Crippen molar-refractivity contribution < 1.29 is 4.79 Å². The molecule has 0 aromatic heterocycles. The van der Waals surface area contributed by atoms with Gasteiger partial charge in [-0.1, -0.05) is 32.0 Å². The van der Waals surface area contributed by atoms with Gasteiger partial charge in [0.1, 0.15) is 0 Å². The number of carbonyl (C=O) groups excluding carboxylic acids is 1. The first-order valence-corrected chi connectivity index (χ1v) is 6.89. The predicted molar refractivity (Wildman–Crippen MR) is 82.1 cm³/mol. The molecule has 0 aliphatic heterocycles. The summed E-state index contributed by atoms with van der Waals surface area (Å²) in [5.41, 5.74) is 6.27. The Morgan fingerprint density at radius 3 is 2.21 bits per heavy atom. The molecule has 0 saturated carbocycles. The van der Waals surface area contributed by atoms with Crippen LogP contribution in [0.4, 0.5) is 0 Å². The minimum atomic E-state index is -0.139. The van der Waals surface area contributed by atoms with E-state index in [-0.39, 0.29) is 11.0 Å². The number of amides is 1. The lowest BCUT2D eigenvalue weighted by Crippen LogP contribution is -2.44. The maximum absolute atomic E-state index is 12.3. The molecule has 19 heavy (non-hydrogen) atoms. The summed E-state index contributed by atoms with van der Waals surface area (Å²) in [7, 11) is 0. The van der Waals surface area contributed by atoms with Crippen LogP contribution < -0.4 is 5.73 Å². The Morgan fingerprint density at radius 2 is 1.74 bits per heavy atom. The molecule has 4 nitrogen and oxygen atoms in total.